The fraction of sp³-hybridized carbons (Fsp3) is 0.140. The van der Waals surface area contributed by atoms with Crippen molar-refractivity contribution in [3.8, 4) is 0 Å². The second kappa shape index (κ2) is 12.1. The van der Waals surface area contributed by atoms with Crippen LogP contribution in [0.25, 0.3) is 22.3 Å². The van der Waals surface area contributed by atoms with Crippen LogP contribution in [0.15, 0.2) is 163 Å². The third-order valence-corrected chi connectivity index (χ3v) is 9.70. The quantitative estimate of drug-likeness (QED) is 0.159. The topological polar surface area (TPSA) is 44.6 Å². The molecule has 234 valence electrons. The highest BCUT2D eigenvalue weighted by Gasteiger charge is 2.55. The summed E-state index contributed by atoms with van der Waals surface area (Å²) >= 11 is 0. The first-order valence-electron chi connectivity index (χ1n) is 16.7. The van der Waals surface area contributed by atoms with E-state index in [9.17, 15) is 0 Å². The Morgan fingerprint density at radius 1 is 0.583 bits per heavy atom. The van der Waals surface area contributed by atoms with E-state index < -0.39 is 5.41 Å². The third-order valence-electron chi connectivity index (χ3n) is 9.70. The van der Waals surface area contributed by atoms with Crippen molar-refractivity contribution < 1.29 is 0 Å². The fourth-order valence-electron chi connectivity index (χ4n) is 7.64. The molecule has 5 heteroatoms. The molecule has 0 N–H and O–H groups in total. The van der Waals surface area contributed by atoms with Gasteiger partial charge in [-0.05, 0) is 48.2 Å². The zero-order valence-corrected chi connectivity index (χ0v) is 27.3. The molecule has 0 spiro atoms. The molecule has 1 atom stereocenters. The minimum absolute atomic E-state index is 0.241. The molecule has 0 aliphatic carbocycles. The number of hydrogen-bond acceptors (Lipinski definition) is 5. The van der Waals surface area contributed by atoms with Crippen LogP contribution in [-0.2, 0) is 5.41 Å². The first kappa shape index (κ1) is 29.6. The summed E-state index contributed by atoms with van der Waals surface area (Å²) < 4.78 is 0. The maximum Gasteiger partial charge on any atom is 0.174 e. The summed E-state index contributed by atoms with van der Waals surface area (Å²) in [5.41, 5.74) is 9.35. The van der Waals surface area contributed by atoms with Crippen LogP contribution in [0.4, 0.5) is 11.6 Å². The lowest BCUT2D eigenvalue weighted by atomic mass is 9.62. The number of allylic oxidation sites excluding steroid dienone is 1. The summed E-state index contributed by atoms with van der Waals surface area (Å²) in [6, 6.07) is 50.8. The lowest BCUT2D eigenvalue weighted by Gasteiger charge is -2.44. The lowest BCUT2D eigenvalue weighted by Crippen LogP contribution is -2.52. The molecule has 0 amide bonds. The van der Waals surface area contributed by atoms with E-state index in [1.807, 2.05) is 24.3 Å². The summed E-state index contributed by atoms with van der Waals surface area (Å²) in [5.74, 6) is 1.77. The van der Waals surface area contributed by atoms with E-state index in [0.29, 0.717) is 0 Å². The Labute approximate surface area is 282 Å². The number of benzene rings is 5. The maximum atomic E-state index is 5.67. The van der Waals surface area contributed by atoms with Crippen molar-refractivity contribution in [3.05, 3.63) is 180 Å². The zero-order chi connectivity index (χ0) is 32.7. The van der Waals surface area contributed by atoms with Gasteiger partial charge in [0.2, 0.25) is 0 Å². The van der Waals surface area contributed by atoms with Crippen molar-refractivity contribution in [1.82, 2.24) is 9.97 Å². The van der Waals surface area contributed by atoms with Crippen molar-refractivity contribution in [2.24, 2.45) is 4.99 Å². The molecular formula is C43H37N5. The van der Waals surface area contributed by atoms with Gasteiger partial charge < -0.3 is 9.80 Å². The van der Waals surface area contributed by atoms with Crippen LogP contribution in [0.2, 0.25) is 0 Å². The molecule has 2 aliphatic rings. The first-order chi connectivity index (χ1) is 23.7. The molecule has 8 rings (SSSR count). The van der Waals surface area contributed by atoms with Crippen LogP contribution in [0.5, 0.6) is 0 Å². The number of anilines is 2. The molecule has 6 aromatic rings. The van der Waals surface area contributed by atoms with Gasteiger partial charge in [-0.2, -0.15) is 0 Å². The standard InChI is InChI=1S/C43H37N5/c1-4-47-40-41(45-36-29-19-18-28-35(36)44-40)48(5-2)42(47)30(3)43(34-26-16-9-17-27-34)37(31-20-10-6-11-21-31)38(32-22-12-7-13-23-32)46-39(43)33-24-14-8-15-25-33/h6-29,42H,3-5H2,1-2H3. The second-order valence-corrected chi connectivity index (χ2v) is 12.2. The highest BCUT2D eigenvalue weighted by molar-refractivity contribution is 6.27. The molecule has 0 radical (unpaired) electrons. The Morgan fingerprint density at radius 3 is 1.52 bits per heavy atom. The smallest absolute Gasteiger partial charge is 0.174 e. The number of para-hydroxylation sites is 2. The predicted molar refractivity (Wildman–Crippen MR) is 199 cm³/mol. The van der Waals surface area contributed by atoms with Crippen molar-refractivity contribution in [1.29, 1.82) is 0 Å². The first-order valence-corrected chi connectivity index (χ1v) is 16.7. The van der Waals surface area contributed by atoms with Gasteiger partial charge in [-0.3, -0.25) is 4.99 Å². The average Bonchev–Trinajstić information content (AvgIpc) is 3.68. The van der Waals surface area contributed by atoms with Gasteiger partial charge in [0.05, 0.1) is 27.9 Å². The number of likely N-dealkylation sites (N-methyl/N-ethyl adjacent to an activating group) is 2. The Hall–Kier alpha value is -5.81. The van der Waals surface area contributed by atoms with E-state index in [1.165, 1.54) is 0 Å². The summed E-state index contributed by atoms with van der Waals surface area (Å²) in [7, 11) is 0. The van der Waals surface area contributed by atoms with E-state index in [2.05, 4.69) is 145 Å². The van der Waals surface area contributed by atoms with Gasteiger partial charge in [0.1, 0.15) is 6.17 Å². The number of rotatable bonds is 8. The van der Waals surface area contributed by atoms with Crippen molar-refractivity contribution in [3.63, 3.8) is 0 Å². The number of aromatic nitrogens is 2. The minimum Gasteiger partial charge on any atom is -0.330 e. The van der Waals surface area contributed by atoms with Crippen molar-refractivity contribution in [2.75, 3.05) is 22.9 Å². The average molecular weight is 624 g/mol. The van der Waals surface area contributed by atoms with Gasteiger partial charge in [0.25, 0.3) is 0 Å². The Kier molecular flexibility index (Phi) is 7.45. The van der Waals surface area contributed by atoms with Crippen LogP contribution in [0.3, 0.4) is 0 Å². The van der Waals surface area contributed by atoms with Crippen LogP contribution in [-0.4, -0.2) is 34.9 Å². The van der Waals surface area contributed by atoms with Crippen LogP contribution in [0, 0.1) is 0 Å². The van der Waals surface area contributed by atoms with Gasteiger partial charge in [-0.15, -0.1) is 0 Å². The molecule has 2 aliphatic heterocycles. The highest BCUT2D eigenvalue weighted by Crippen LogP contribution is 2.57. The SMILES string of the molecule is C=C(C1N(CC)c2nc3ccccc3nc2N1CC)C1(c2ccccc2)C(c2ccccc2)=NC(c2ccccc2)=C1c1ccccc1. The molecular weight excluding hydrogens is 587 g/mol. The Balaban J connectivity index is 1.46. The van der Waals surface area contributed by atoms with Crippen molar-refractivity contribution >= 4 is 39.7 Å². The van der Waals surface area contributed by atoms with E-state index in [0.717, 1.165) is 80.6 Å². The normalized spacial score (nSPS) is 17.6. The highest BCUT2D eigenvalue weighted by atomic mass is 15.5. The van der Waals surface area contributed by atoms with Gasteiger partial charge >= 0.3 is 0 Å². The molecule has 5 nitrogen and oxygen atoms in total. The predicted octanol–water partition coefficient (Wildman–Crippen LogP) is 9.19. The fourth-order valence-corrected chi connectivity index (χ4v) is 7.64. The molecule has 0 fully saturated rings. The van der Waals surface area contributed by atoms with E-state index in [1.54, 1.807) is 0 Å². The van der Waals surface area contributed by atoms with Gasteiger partial charge in [-0.1, -0.05) is 140 Å². The molecule has 5 aromatic carbocycles. The van der Waals surface area contributed by atoms with E-state index in [-0.39, 0.29) is 6.17 Å². The molecule has 3 heterocycles. The molecule has 0 saturated heterocycles. The van der Waals surface area contributed by atoms with Crippen molar-refractivity contribution in [2.45, 2.75) is 25.4 Å². The van der Waals surface area contributed by atoms with E-state index >= 15 is 0 Å². The van der Waals surface area contributed by atoms with Crippen LogP contribution >= 0.6 is 0 Å². The van der Waals surface area contributed by atoms with Gasteiger partial charge in [0.15, 0.2) is 11.6 Å². The maximum absolute atomic E-state index is 5.67. The van der Waals surface area contributed by atoms with Crippen LogP contribution in [0.1, 0.15) is 36.1 Å². The number of hydrogen-bond donors (Lipinski definition) is 0. The number of nitrogens with zero attached hydrogens (tertiary/aromatic N) is 5. The van der Waals surface area contributed by atoms with Gasteiger partial charge in [0, 0.05) is 24.2 Å². The summed E-state index contributed by atoms with van der Waals surface area (Å²) in [5, 5.41) is 0. The second-order valence-electron chi connectivity index (χ2n) is 12.2. The molecule has 0 saturated carbocycles. The zero-order valence-electron chi connectivity index (χ0n) is 27.3. The molecule has 48 heavy (non-hydrogen) atoms. The lowest BCUT2D eigenvalue weighted by molar-refractivity contribution is 0.617. The van der Waals surface area contributed by atoms with Gasteiger partial charge in [-0.25, -0.2) is 9.97 Å². The molecule has 0 bridgehead atoms. The summed E-state index contributed by atoms with van der Waals surface area (Å²) in [6.07, 6.45) is -0.241. The minimum atomic E-state index is -0.831. The van der Waals surface area contributed by atoms with Crippen LogP contribution < -0.4 is 9.80 Å². The summed E-state index contributed by atoms with van der Waals surface area (Å²) in [6.45, 7) is 11.0. The number of fused-ring (bicyclic) bond motifs is 2. The number of aliphatic imine (C=N–C) groups is 1. The third kappa shape index (κ3) is 4.49. The monoisotopic (exact) mass is 623 g/mol. The molecule has 1 aromatic heterocycles. The molecule has 1 unspecified atom stereocenters. The van der Waals surface area contributed by atoms with E-state index in [4.69, 9.17) is 21.5 Å². The largest absolute Gasteiger partial charge is 0.330 e. The Morgan fingerprint density at radius 2 is 1.02 bits per heavy atom. The Bertz CT molecular complexity index is 2120. The summed E-state index contributed by atoms with van der Waals surface area (Å²) in [4.78, 5) is 20.8.